The van der Waals surface area contributed by atoms with Gasteiger partial charge in [0, 0.05) is 5.56 Å². The molecule has 0 aliphatic carbocycles. The van der Waals surface area contributed by atoms with Crippen LogP contribution in [0.2, 0.25) is 0 Å². The quantitative estimate of drug-likeness (QED) is 0.354. The van der Waals surface area contributed by atoms with Gasteiger partial charge in [0.05, 0.1) is 11.9 Å². The number of benzene rings is 3. The molecule has 0 saturated heterocycles. The van der Waals surface area contributed by atoms with E-state index < -0.39 is 5.56 Å². The molecular weight excluding hydrogens is 405 g/mol. The number of aryl methyl sites for hydroxylation is 1. The average Bonchev–Trinajstić information content (AvgIpc) is 2.79. The second-order valence-electron chi connectivity index (χ2n) is 7.07. The molecule has 2 N–H and O–H groups in total. The molecule has 0 atom stereocenters. The van der Waals surface area contributed by atoms with E-state index in [2.05, 4.69) is 20.5 Å². The lowest BCUT2D eigenvalue weighted by molar-refractivity contribution is 0.627. The van der Waals surface area contributed by atoms with E-state index in [1.165, 1.54) is 12.1 Å². The number of nitrogens with one attached hydrogen (secondary N) is 2. The van der Waals surface area contributed by atoms with Crippen LogP contribution in [-0.4, -0.2) is 16.2 Å². The van der Waals surface area contributed by atoms with Gasteiger partial charge >= 0.3 is 0 Å². The Labute approximate surface area is 183 Å². The van der Waals surface area contributed by atoms with Crippen LogP contribution in [0.5, 0.6) is 0 Å². The third-order valence-corrected chi connectivity index (χ3v) is 4.85. The van der Waals surface area contributed by atoms with Gasteiger partial charge in [-0.15, -0.1) is 0 Å². The molecule has 0 bridgehead atoms. The van der Waals surface area contributed by atoms with Crippen LogP contribution in [0.3, 0.4) is 0 Å². The fourth-order valence-corrected chi connectivity index (χ4v) is 3.34. The Morgan fingerprint density at radius 3 is 2.59 bits per heavy atom. The molecule has 0 unspecified atom stereocenters. The number of hydrogen-bond donors (Lipinski definition) is 2. The smallest absolute Gasteiger partial charge is 0.270 e. The minimum Gasteiger partial charge on any atom is -0.290 e. The zero-order valence-corrected chi connectivity index (χ0v) is 17.1. The Morgan fingerprint density at radius 1 is 1.06 bits per heavy atom. The van der Waals surface area contributed by atoms with Crippen molar-refractivity contribution in [1.29, 1.82) is 5.26 Å². The summed E-state index contributed by atoms with van der Waals surface area (Å²) < 4.78 is 13.4. The van der Waals surface area contributed by atoms with Crippen molar-refractivity contribution in [3.63, 3.8) is 0 Å². The van der Waals surface area contributed by atoms with Crippen molar-refractivity contribution in [1.82, 2.24) is 9.97 Å². The highest BCUT2D eigenvalue weighted by Crippen LogP contribution is 2.24. The van der Waals surface area contributed by atoms with Crippen molar-refractivity contribution < 1.29 is 4.39 Å². The maximum Gasteiger partial charge on any atom is 0.270 e. The van der Waals surface area contributed by atoms with Gasteiger partial charge in [0.1, 0.15) is 17.4 Å². The highest BCUT2D eigenvalue weighted by molar-refractivity contribution is 5.83. The van der Waals surface area contributed by atoms with Crippen LogP contribution in [-0.2, 0) is 0 Å². The minimum atomic E-state index is -0.548. The van der Waals surface area contributed by atoms with Crippen LogP contribution in [0, 0.1) is 24.1 Å². The van der Waals surface area contributed by atoms with Crippen LogP contribution >= 0.6 is 0 Å². The lowest BCUT2D eigenvalue weighted by Gasteiger charge is -2.07. The van der Waals surface area contributed by atoms with Gasteiger partial charge in [-0.05, 0) is 47.4 Å². The normalized spacial score (nSPS) is 10.8. The molecule has 0 amide bonds. The number of aromatic amines is 1. The number of H-pyrrole nitrogens is 1. The number of nitrogens with zero attached hydrogens (tertiary/aromatic N) is 3. The monoisotopic (exact) mass is 423 g/mol. The number of rotatable bonds is 5. The summed E-state index contributed by atoms with van der Waals surface area (Å²) in [5.74, 6) is -0.151. The van der Waals surface area contributed by atoms with E-state index >= 15 is 0 Å². The number of nitriles is 1. The second-order valence-corrected chi connectivity index (χ2v) is 7.07. The molecular formula is C25H18FN5O. The standard InChI is InChI=1S/C25H18FN5O/c1-16-12-20(26)10-11-21(16)19-9-5-6-17(13-19)15-28-31-25-29-23(18-7-3-2-4-8-18)22(14-27)24(32)30-25/h2-13,15H,1H3,(H2,29,30,31,32). The van der Waals surface area contributed by atoms with Gasteiger partial charge < -0.3 is 0 Å². The Bertz CT molecular complexity index is 1400. The van der Waals surface area contributed by atoms with E-state index in [0.717, 1.165) is 22.3 Å². The van der Waals surface area contributed by atoms with Crippen LogP contribution < -0.4 is 11.0 Å². The van der Waals surface area contributed by atoms with Crippen molar-refractivity contribution in [3.8, 4) is 28.5 Å². The lowest BCUT2D eigenvalue weighted by atomic mass is 9.99. The number of hydrazone groups is 1. The lowest BCUT2D eigenvalue weighted by Crippen LogP contribution is -2.16. The molecule has 7 heteroatoms. The molecule has 4 aromatic rings. The molecule has 1 heterocycles. The number of aromatic nitrogens is 2. The van der Waals surface area contributed by atoms with Crippen LogP contribution in [0.1, 0.15) is 16.7 Å². The summed E-state index contributed by atoms with van der Waals surface area (Å²) >= 11 is 0. The van der Waals surface area contributed by atoms with Gasteiger partial charge in [-0.3, -0.25) is 9.78 Å². The largest absolute Gasteiger partial charge is 0.290 e. The van der Waals surface area contributed by atoms with E-state index in [4.69, 9.17) is 0 Å². The second kappa shape index (κ2) is 9.06. The fraction of sp³-hybridized carbons (Fsp3) is 0.0400. The molecule has 156 valence electrons. The van der Waals surface area contributed by atoms with Gasteiger partial charge in [-0.2, -0.15) is 10.4 Å². The van der Waals surface area contributed by atoms with Crippen molar-refractivity contribution in [3.05, 3.63) is 106 Å². The first-order valence-electron chi connectivity index (χ1n) is 9.80. The SMILES string of the molecule is Cc1cc(F)ccc1-c1cccc(C=NNc2nc(-c3ccccc3)c(C#N)c(=O)[nH]2)c1. The van der Waals surface area contributed by atoms with E-state index in [1.54, 1.807) is 36.5 Å². The van der Waals surface area contributed by atoms with E-state index in [1.807, 2.05) is 43.3 Å². The maximum atomic E-state index is 13.4. The van der Waals surface area contributed by atoms with Crippen molar-refractivity contribution in [2.75, 3.05) is 5.43 Å². The molecule has 0 fully saturated rings. The highest BCUT2D eigenvalue weighted by Gasteiger charge is 2.12. The Balaban J connectivity index is 1.59. The molecule has 0 aliphatic heterocycles. The first-order valence-corrected chi connectivity index (χ1v) is 9.80. The third-order valence-electron chi connectivity index (χ3n) is 4.85. The van der Waals surface area contributed by atoms with Crippen LogP contribution in [0.15, 0.2) is 82.7 Å². The average molecular weight is 423 g/mol. The first-order chi connectivity index (χ1) is 15.5. The topological polar surface area (TPSA) is 93.9 Å². The molecule has 3 aromatic carbocycles. The molecule has 0 radical (unpaired) electrons. The Hall–Kier alpha value is -4.57. The van der Waals surface area contributed by atoms with Gasteiger partial charge in [0.2, 0.25) is 5.95 Å². The summed E-state index contributed by atoms with van der Waals surface area (Å²) in [6.07, 6.45) is 1.59. The number of hydrogen-bond acceptors (Lipinski definition) is 5. The third kappa shape index (κ3) is 4.45. The van der Waals surface area contributed by atoms with Crippen molar-refractivity contribution >= 4 is 12.2 Å². The molecule has 0 spiro atoms. The fourth-order valence-electron chi connectivity index (χ4n) is 3.34. The zero-order valence-electron chi connectivity index (χ0n) is 17.1. The summed E-state index contributed by atoms with van der Waals surface area (Å²) in [4.78, 5) is 19.2. The summed E-state index contributed by atoms with van der Waals surface area (Å²) in [5.41, 5.74) is 6.55. The number of halogens is 1. The summed E-state index contributed by atoms with van der Waals surface area (Å²) in [6.45, 7) is 1.86. The summed E-state index contributed by atoms with van der Waals surface area (Å²) in [7, 11) is 0. The van der Waals surface area contributed by atoms with Gasteiger partial charge in [-0.25, -0.2) is 14.8 Å². The summed E-state index contributed by atoms with van der Waals surface area (Å²) in [5, 5.41) is 13.5. The van der Waals surface area contributed by atoms with E-state index in [-0.39, 0.29) is 23.0 Å². The van der Waals surface area contributed by atoms with Crippen LogP contribution in [0.25, 0.3) is 22.4 Å². The van der Waals surface area contributed by atoms with Crippen molar-refractivity contribution in [2.24, 2.45) is 5.10 Å². The minimum absolute atomic E-state index is 0.0619. The predicted octanol–water partition coefficient (Wildman–Crippen LogP) is 4.87. The molecule has 0 saturated carbocycles. The number of anilines is 1. The molecule has 4 rings (SSSR count). The zero-order chi connectivity index (χ0) is 22.5. The Kier molecular flexibility index (Phi) is 5.86. The van der Waals surface area contributed by atoms with E-state index in [9.17, 15) is 14.4 Å². The molecule has 32 heavy (non-hydrogen) atoms. The first kappa shape index (κ1) is 20.7. The van der Waals surface area contributed by atoms with Gasteiger partial charge in [-0.1, -0.05) is 54.6 Å². The van der Waals surface area contributed by atoms with Gasteiger partial charge in [0.15, 0.2) is 0 Å². The molecule has 0 aliphatic rings. The van der Waals surface area contributed by atoms with Crippen LogP contribution in [0.4, 0.5) is 10.3 Å². The van der Waals surface area contributed by atoms with Gasteiger partial charge in [0.25, 0.3) is 5.56 Å². The highest BCUT2D eigenvalue weighted by atomic mass is 19.1. The van der Waals surface area contributed by atoms with Crippen molar-refractivity contribution in [2.45, 2.75) is 6.92 Å². The molecule has 6 nitrogen and oxygen atoms in total. The predicted molar refractivity (Wildman–Crippen MR) is 123 cm³/mol. The molecule has 1 aromatic heterocycles. The maximum absolute atomic E-state index is 13.4. The summed E-state index contributed by atoms with van der Waals surface area (Å²) in [6, 6.07) is 23.2. The van der Waals surface area contributed by atoms with E-state index in [0.29, 0.717) is 5.56 Å². The Morgan fingerprint density at radius 2 is 1.84 bits per heavy atom.